The third-order valence-electron chi connectivity index (χ3n) is 5.15. The largest absolute Gasteiger partial charge is 0.383 e. The van der Waals surface area contributed by atoms with E-state index in [1.165, 1.54) is 11.1 Å². The van der Waals surface area contributed by atoms with Gasteiger partial charge in [-0.1, -0.05) is 44.0 Å². The summed E-state index contributed by atoms with van der Waals surface area (Å²) in [5.41, 5.74) is 2.53. The number of rotatable bonds is 9. The minimum absolute atomic E-state index is 0.0203. The van der Waals surface area contributed by atoms with E-state index in [0.717, 1.165) is 25.7 Å². The summed E-state index contributed by atoms with van der Waals surface area (Å²) in [6.07, 6.45) is 4.37. The summed E-state index contributed by atoms with van der Waals surface area (Å²) in [7, 11) is 1.62. The van der Waals surface area contributed by atoms with E-state index in [1.54, 1.807) is 12.0 Å². The zero-order chi connectivity index (χ0) is 18.9. The van der Waals surface area contributed by atoms with Crippen LogP contribution >= 0.6 is 0 Å². The van der Waals surface area contributed by atoms with Crippen molar-refractivity contribution in [3.8, 4) is 0 Å². The normalized spacial score (nSPS) is 16.3. The number of nitrogens with zero attached hydrogens (tertiary/aromatic N) is 2. The van der Waals surface area contributed by atoms with E-state index in [1.807, 2.05) is 17.0 Å². The van der Waals surface area contributed by atoms with Gasteiger partial charge in [0, 0.05) is 26.6 Å². The molecule has 1 unspecified atom stereocenters. The second-order valence-electron chi connectivity index (χ2n) is 6.98. The molecular weight excluding hydrogens is 328 g/mol. The Morgan fingerprint density at radius 1 is 1.27 bits per heavy atom. The number of carbonyl (C=O) groups excluding carboxylic acids is 2. The third kappa shape index (κ3) is 5.31. The predicted molar refractivity (Wildman–Crippen MR) is 103 cm³/mol. The third-order valence-corrected chi connectivity index (χ3v) is 5.15. The fourth-order valence-electron chi connectivity index (χ4n) is 3.54. The first-order valence-corrected chi connectivity index (χ1v) is 9.72. The molecule has 5 nitrogen and oxygen atoms in total. The smallest absolute Gasteiger partial charge is 0.242 e. The number of fused-ring (bicyclic) bond motifs is 1. The van der Waals surface area contributed by atoms with Gasteiger partial charge in [-0.2, -0.15) is 0 Å². The fourth-order valence-corrected chi connectivity index (χ4v) is 3.54. The lowest BCUT2D eigenvalue weighted by Gasteiger charge is -2.36. The molecule has 0 aromatic heterocycles. The molecule has 26 heavy (non-hydrogen) atoms. The van der Waals surface area contributed by atoms with Gasteiger partial charge in [-0.3, -0.25) is 9.59 Å². The molecule has 1 aromatic rings. The van der Waals surface area contributed by atoms with E-state index in [4.69, 9.17) is 4.74 Å². The van der Waals surface area contributed by atoms with Crippen molar-refractivity contribution in [2.75, 3.05) is 33.4 Å². The molecule has 0 fully saturated rings. The van der Waals surface area contributed by atoms with Crippen molar-refractivity contribution in [2.24, 2.45) is 0 Å². The lowest BCUT2D eigenvalue weighted by atomic mass is 9.93. The number of hydrogen-bond donors (Lipinski definition) is 0. The van der Waals surface area contributed by atoms with E-state index in [0.29, 0.717) is 26.1 Å². The summed E-state index contributed by atoms with van der Waals surface area (Å²) in [5.74, 6) is 0.0702. The van der Waals surface area contributed by atoms with Crippen LogP contribution in [0.2, 0.25) is 0 Å². The molecule has 0 N–H and O–H groups in total. The lowest BCUT2D eigenvalue weighted by Crippen LogP contribution is -2.46. The van der Waals surface area contributed by atoms with Crippen molar-refractivity contribution < 1.29 is 14.3 Å². The van der Waals surface area contributed by atoms with E-state index >= 15 is 0 Å². The first kappa shape index (κ1) is 20.4. The van der Waals surface area contributed by atoms with Gasteiger partial charge in [-0.05, 0) is 30.9 Å². The van der Waals surface area contributed by atoms with E-state index in [-0.39, 0.29) is 24.4 Å². The molecule has 0 bridgehead atoms. The number of methoxy groups -OCH3 is 1. The van der Waals surface area contributed by atoms with Crippen LogP contribution in [-0.4, -0.2) is 55.0 Å². The van der Waals surface area contributed by atoms with Crippen LogP contribution in [0.25, 0.3) is 0 Å². The minimum Gasteiger partial charge on any atom is -0.383 e. The highest BCUT2D eigenvalue weighted by molar-refractivity contribution is 5.85. The molecule has 1 heterocycles. The summed E-state index contributed by atoms with van der Waals surface area (Å²) in [4.78, 5) is 29.0. The number of ether oxygens (including phenoxy) is 1. The Labute approximate surface area is 157 Å². The van der Waals surface area contributed by atoms with Crippen LogP contribution in [-0.2, 0) is 20.7 Å². The number of benzene rings is 1. The number of hydrogen-bond acceptors (Lipinski definition) is 3. The van der Waals surface area contributed by atoms with Crippen LogP contribution < -0.4 is 0 Å². The maximum atomic E-state index is 12.9. The molecule has 1 aliphatic rings. The SMILES string of the molecule is CCCCCC(=O)N(CCOC)CC(=O)N1CCc2ccccc2C1C. The summed E-state index contributed by atoms with van der Waals surface area (Å²) >= 11 is 0. The average Bonchev–Trinajstić information content (AvgIpc) is 2.65. The Morgan fingerprint density at radius 2 is 2.04 bits per heavy atom. The van der Waals surface area contributed by atoms with Crippen LogP contribution in [0.5, 0.6) is 0 Å². The average molecular weight is 360 g/mol. The zero-order valence-electron chi connectivity index (χ0n) is 16.4. The Balaban J connectivity index is 2.00. The number of amides is 2. The van der Waals surface area contributed by atoms with Crippen molar-refractivity contribution in [3.63, 3.8) is 0 Å². The Bertz CT molecular complexity index is 603. The van der Waals surface area contributed by atoms with Crippen LogP contribution in [0.15, 0.2) is 24.3 Å². The molecule has 0 radical (unpaired) electrons. The highest BCUT2D eigenvalue weighted by atomic mass is 16.5. The van der Waals surface area contributed by atoms with Crippen molar-refractivity contribution in [1.82, 2.24) is 9.80 Å². The van der Waals surface area contributed by atoms with Crippen molar-refractivity contribution in [3.05, 3.63) is 35.4 Å². The second-order valence-corrected chi connectivity index (χ2v) is 6.98. The molecule has 1 aromatic carbocycles. The fraction of sp³-hybridized carbons (Fsp3) is 0.619. The standard InChI is InChI=1S/C21H32N2O3/c1-4-5-6-11-20(24)22(14-15-26-3)16-21(25)23-13-12-18-9-7-8-10-19(18)17(23)2/h7-10,17H,4-6,11-16H2,1-3H3. The molecule has 0 saturated heterocycles. The molecule has 0 saturated carbocycles. The van der Waals surface area contributed by atoms with Crippen LogP contribution in [0.3, 0.4) is 0 Å². The molecular formula is C21H32N2O3. The number of carbonyl (C=O) groups is 2. The van der Waals surface area contributed by atoms with E-state index in [2.05, 4.69) is 26.0 Å². The Kier molecular flexibility index (Phi) is 8.10. The van der Waals surface area contributed by atoms with Crippen molar-refractivity contribution >= 4 is 11.8 Å². The number of unbranched alkanes of at least 4 members (excludes halogenated alkanes) is 2. The molecule has 2 rings (SSSR count). The maximum Gasteiger partial charge on any atom is 0.242 e. The molecule has 0 spiro atoms. The highest BCUT2D eigenvalue weighted by Crippen LogP contribution is 2.29. The highest BCUT2D eigenvalue weighted by Gasteiger charge is 2.29. The first-order chi connectivity index (χ1) is 12.6. The Morgan fingerprint density at radius 3 is 2.77 bits per heavy atom. The van der Waals surface area contributed by atoms with Crippen LogP contribution in [0, 0.1) is 0 Å². The topological polar surface area (TPSA) is 49.9 Å². The van der Waals surface area contributed by atoms with Gasteiger partial charge in [-0.25, -0.2) is 0 Å². The second kappa shape index (κ2) is 10.3. The van der Waals surface area contributed by atoms with Gasteiger partial charge in [0.2, 0.25) is 11.8 Å². The molecule has 5 heteroatoms. The van der Waals surface area contributed by atoms with Gasteiger partial charge in [0.1, 0.15) is 0 Å². The van der Waals surface area contributed by atoms with Gasteiger partial charge >= 0.3 is 0 Å². The summed E-state index contributed by atoms with van der Waals surface area (Å²) in [6, 6.07) is 8.34. The molecule has 1 aliphatic heterocycles. The van der Waals surface area contributed by atoms with Gasteiger partial charge < -0.3 is 14.5 Å². The summed E-state index contributed by atoms with van der Waals surface area (Å²) in [6.45, 7) is 5.95. The molecule has 2 amide bonds. The van der Waals surface area contributed by atoms with E-state index < -0.39 is 0 Å². The quantitative estimate of drug-likeness (QED) is 0.636. The minimum atomic E-state index is 0.0203. The molecule has 1 atom stereocenters. The predicted octanol–water partition coefficient (Wildman–Crippen LogP) is 3.19. The Hall–Kier alpha value is -1.88. The van der Waals surface area contributed by atoms with Gasteiger partial charge in [0.25, 0.3) is 0 Å². The van der Waals surface area contributed by atoms with Crippen LogP contribution in [0.1, 0.15) is 56.7 Å². The lowest BCUT2D eigenvalue weighted by molar-refractivity contribution is -0.142. The summed E-state index contributed by atoms with van der Waals surface area (Å²) < 4.78 is 5.12. The maximum absolute atomic E-state index is 12.9. The summed E-state index contributed by atoms with van der Waals surface area (Å²) in [5, 5.41) is 0. The van der Waals surface area contributed by atoms with Crippen molar-refractivity contribution in [1.29, 1.82) is 0 Å². The van der Waals surface area contributed by atoms with Gasteiger partial charge in [0.15, 0.2) is 0 Å². The zero-order valence-corrected chi connectivity index (χ0v) is 16.4. The monoisotopic (exact) mass is 360 g/mol. The van der Waals surface area contributed by atoms with Gasteiger partial charge in [-0.15, -0.1) is 0 Å². The van der Waals surface area contributed by atoms with E-state index in [9.17, 15) is 9.59 Å². The van der Waals surface area contributed by atoms with Gasteiger partial charge in [0.05, 0.1) is 19.2 Å². The molecule has 144 valence electrons. The first-order valence-electron chi connectivity index (χ1n) is 9.72. The van der Waals surface area contributed by atoms with Crippen molar-refractivity contribution in [2.45, 2.75) is 52.0 Å². The molecule has 0 aliphatic carbocycles. The van der Waals surface area contributed by atoms with Crippen LogP contribution in [0.4, 0.5) is 0 Å².